The predicted molar refractivity (Wildman–Crippen MR) is 63.7 cm³/mol. The van der Waals surface area contributed by atoms with Crippen LogP contribution in [0.25, 0.3) is 0 Å². The lowest BCUT2D eigenvalue weighted by molar-refractivity contribution is 0.403. The molecule has 8 heteroatoms. The second kappa shape index (κ2) is 5.05. The first-order valence-electron chi connectivity index (χ1n) is 4.77. The SMILES string of the molecule is COc1ccc(S(=O)(=O)N(C)C)cc1B(O)O. The first kappa shape index (κ1) is 14.0. The second-order valence-electron chi connectivity index (χ2n) is 3.56. The number of sulfonamides is 1. The Morgan fingerprint density at radius 3 is 2.29 bits per heavy atom. The van der Waals surface area contributed by atoms with E-state index in [1.807, 2.05) is 0 Å². The van der Waals surface area contributed by atoms with Gasteiger partial charge in [-0.3, -0.25) is 0 Å². The Hall–Kier alpha value is -1.09. The summed E-state index contributed by atoms with van der Waals surface area (Å²) in [4.78, 5) is -0.0219. The minimum Gasteiger partial charge on any atom is -0.497 e. The molecule has 1 aromatic rings. The standard InChI is InChI=1S/C9H14BNO5S/c1-11(2)17(14,15)7-4-5-9(16-3)8(6-7)10(12)13/h4-6,12-13H,1-3H3. The molecule has 1 rings (SSSR count). The highest BCUT2D eigenvalue weighted by atomic mass is 32.2. The summed E-state index contributed by atoms with van der Waals surface area (Å²) in [5.41, 5.74) is 0.00965. The fourth-order valence-corrected chi connectivity index (χ4v) is 2.22. The van der Waals surface area contributed by atoms with Crippen LogP contribution < -0.4 is 10.2 Å². The van der Waals surface area contributed by atoms with Gasteiger partial charge in [0.25, 0.3) is 0 Å². The zero-order valence-corrected chi connectivity index (χ0v) is 10.6. The molecule has 0 saturated carbocycles. The number of benzene rings is 1. The van der Waals surface area contributed by atoms with E-state index in [0.717, 1.165) is 4.31 Å². The average Bonchev–Trinajstić information content (AvgIpc) is 2.27. The molecule has 0 saturated heterocycles. The van der Waals surface area contributed by atoms with Crippen molar-refractivity contribution >= 4 is 22.6 Å². The molecule has 2 N–H and O–H groups in total. The molecule has 1 aromatic carbocycles. The van der Waals surface area contributed by atoms with Crippen LogP contribution in [0.1, 0.15) is 0 Å². The fourth-order valence-electron chi connectivity index (χ4n) is 1.29. The van der Waals surface area contributed by atoms with Crippen molar-refractivity contribution in [2.75, 3.05) is 21.2 Å². The Morgan fingerprint density at radius 1 is 1.29 bits per heavy atom. The molecule has 0 aliphatic carbocycles. The summed E-state index contributed by atoms with van der Waals surface area (Å²) in [5, 5.41) is 18.3. The zero-order valence-electron chi connectivity index (χ0n) is 9.78. The molecule has 0 atom stereocenters. The molecule has 0 heterocycles. The van der Waals surface area contributed by atoms with Crippen LogP contribution in [0.4, 0.5) is 0 Å². The third-order valence-electron chi connectivity index (χ3n) is 2.26. The summed E-state index contributed by atoms with van der Waals surface area (Å²) in [6.45, 7) is 0. The van der Waals surface area contributed by atoms with E-state index in [9.17, 15) is 8.42 Å². The van der Waals surface area contributed by atoms with Crippen molar-refractivity contribution in [3.8, 4) is 5.75 Å². The van der Waals surface area contributed by atoms with Crippen molar-refractivity contribution in [1.29, 1.82) is 0 Å². The molecule has 6 nitrogen and oxygen atoms in total. The molecular weight excluding hydrogens is 245 g/mol. The molecule has 0 aliphatic heterocycles. The molecule has 17 heavy (non-hydrogen) atoms. The van der Waals surface area contributed by atoms with Gasteiger partial charge in [0.2, 0.25) is 10.0 Å². The van der Waals surface area contributed by atoms with Crippen LogP contribution in [0.5, 0.6) is 5.75 Å². The highest BCUT2D eigenvalue weighted by Crippen LogP contribution is 2.16. The Kier molecular flexibility index (Phi) is 4.15. The van der Waals surface area contributed by atoms with Crippen LogP contribution in [0.2, 0.25) is 0 Å². The van der Waals surface area contributed by atoms with Crippen LogP contribution >= 0.6 is 0 Å². The maximum atomic E-state index is 11.8. The topological polar surface area (TPSA) is 87.1 Å². The summed E-state index contributed by atoms with van der Waals surface area (Å²) >= 11 is 0. The Bertz CT molecular complexity index is 500. The van der Waals surface area contributed by atoms with Crippen molar-refractivity contribution in [2.24, 2.45) is 0 Å². The largest absolute Gasteiger partial charge is 0.497 e. The number of rotatable bonds is 4. The fraction of sp³-hybridized carbons (Fsp3) is 0.333. The summed E-state index contributed by atoms with van der Waals surface area (Å²) in [6, 6.07) is 3.91. The highest BCUT2D eigenvalue weighted by Gasteiger charge is 2.23. The van der Waals surface area contributed by atoms with E-state index < -0.39 is 17.1 Å². The number of ether oxygens (including phenoxy) is 1. The second-order valence-corrected chi connectivity index (χ2v) is 5.72. The van der Waals surface area contributed by atoms with Gasteiger partial charge in [-0.05, 0) is 18.2 Å². The Labute approximate surface area is 101 Å². The van der Waals surface area contributed by atoms with Gasteiger partial charge in [0, 0.05) is 19.6 Å². The van der Waals surface area contributed by atoms with Crippen LogP contribution in [0.15, 0.2) is 23.1 Å². The molecule has 0 radical (unpaired) electrons. The van der Waals surface area contributed by atoms with Gasteiger partial charge in [-0.1, -0.05) is 0 Å². The molecular formula is C9H14BNO5S. The van der Waals surface area contributed by atoms with E-state index in [1.54, 1.807) is 0 Å². The van der Waals surface area contributed by atoms with Crippen molar-refractivity contribution in [3.63, 3.8) is 0 Å². The van der Waals surface area contributed by atoms with Gasteiger partial charge in [0.1, 0.15) is 5.75 Å². The molecule has 0 aliphatic rings. The smallest absolute Gasteiger partial charge is 0.492 e. The Balaban J connectivity index is 3.36. The number of methoxy groups -OCH3 is 1. The van der Waals surface area contributed by atoms with E-state index in [0.29, 0.717) is 0 Å². The maximum absolute atomic E-state index is 11.8. The van der Waals surface area contributed by atoms with Gasteiger partial charge < -0.3 is 14.8 Å². The lowest BCUT2D eigenvalue weighted by atomic mass is 9.79. The number of hydrogen-bond acceptors (Lipinski definition) is 5. The summed E-state index contributed by atoms with van der Waals surface area (Å²) in [6.07, 6.45) is 0. The third-order valence-corrected chi connectivity index (χ3v) is 4.07. The quantitative estimate of drug-likeness (QED) is 0.651. The molecule has 0 aromatic heterocycles. The zero-order chi connectivity index (χ0) is 13.2. The van der Waals surface area contributed by atoms with Gasteiger partial charge in [0.15, 0.2) is 0 Å². The van der Waals surface area contributed by atoms with Crippen LogP contribution in [0, 0.1) is 0 Å². The Morgan fingerprint density at radius 2 is 1.88 bits per heavy atom. The molecule has 0 amide bonds. The lowest BCUT2D eigenvalue weighted by Gasteiger charge is -2.14. The van der Waals surface area contributed by atoms with Crippen molar-refractivity contribution < 1.29 is 23.2 Å². The van der Waals surface area contributed by atoms with Gasteiger partial charge in [-0.15, -0.1) is 0 Å². The first-order valence-corrected chi connectivity index (χ1v) is 6.21. The first-order chi connectivity index (χ1) is 7.80. The summed E-state index contributed by atoms with van der Waals surface area (Å²) < 4.78 is 29.6. The normalized spacial score (nSPS) is 11.6. The molecule has 0 spiro atoms. The third kappa shape index (κ3) is 2.78. The molecule has 0 bridgehead atoms. The van der Waals surface area contributed by atoms with E-state index >= 15 is 0 Å². The van der Waals surface area contributed by atoms with E-state index in [4.69, 9.17) is 14.8 Å². The van der Waals surface area contributed by atoms with Crippen LogP contribution in [-0.4, -0.2) is 51.1 Å². The minimum absolute atomic E-state index is 0.00965. The van der Waals surface area contributed by atoms with E-state index in [1.165, 1.54) is 39.4 Å². The van der Waals surface area contributed by atoms with Gasteiger partial charge in [0.05, 0.1) is 12.0 Å². The van der Waals surface area contributed by atoms with Crippen molar-refractivity contribution in [2.45, 2.75) is 4.90 Å². The van der Waals surface area contributed by atoms with Gasteiger partial charge >= 0.3 is 7.12 Å². The van der Waals surface area contributed by atoms with Crippen LogP contribution in [-0.2, 0) is 10.0 Å². The van der Waals surface area contributed by atoms with Crippen LogP contribution in [0.3, 0.4) is 0 Å². The molecule has 0 fully saturated rings. The average molecular weight is 259 g/mol. The molecule has 0 unspecified atom stereocenters. The lowest BCUT2D eigenvalue weighted by Crippen LogP contribution is -2.33. The van der Waals surface area contributed by atoms with E-state index in [2.05, 4.69) is 0 Å². The van der Waals surface area contributed by atoms with E-state index in [-0.39, 0.29) is 16.1 Å². The maximum Gasteiger partial charge on any atom is 0.492 e. The van der Waals surface area contributed by atoms with Gasteiger partial charge in [-0.2, -0.15) is 0 Å². The summed E-state index contributed by atoms with van der Waals surface area (Å²) in [7, 11) is -1.23. The minimum atomic E-state index is -3.60. The predicted octanol–water partition coefficient (Wildman–Crippen LogP) is -1.37. The number of nitrogens with zero attached hydrogens (tertiary/aromatic N) is 1. The summed E-state index contributed by atoms with van der Waals surface area (Å²) in [5.74, 6) is 0.220. The van der Waals surface area contributed by atoms with Crippen molar-refractivity contribution in [1.82, 2.24) is 4.31 Å². The highest BCUT2D eigenvalue weighted by molar-refractivity contribution is 7.89. The van der Waals surface area contributed by atoms with Gasteiger partial charge in [-0.25, -0.2) is 12.7 Å². The number of hydrogen-bond donors (Lipinski definition) is 2. The molecule has 94 valence electrons. The monoisotopic (exact) mass is 259 g/mol. The van der Waals surface area contributed by atoms with Crippen molar-refractivity contribution in [3.05, 3.63) is 18.2 Å².